The molecule has 0 saturated carbocycles. The van der Waals surface area contributed by atoms with Gasteiger partial charge in [-0.25, -0.2) is 9.97 Å². The van der Waals surface area contributed by atoms with Crippen molar-refractivity contribution in [3.8, 4) is 11.1 Å². The average molecular weight is 358 g/mol. The standard InChI is InChI=1S/C18H19N3OS2/c1-3-8-19-15(22)10-24-18-16-14(9-23-17(16)20-11-21-18)13-6-4-12(2)5-7-13/h4-7,9,11H,3,8,10H2,1-2H3,(H,19,22). The van der Waals surface area contributed by atoms with Gasteiger partial charge in [-0.15, -0.1) is 11.3 Å². The first-order valence-corrected chi connectivity index (χ1v) is 9.74. The Morgan fingerprint density at radius 2 is 2.04 bits per heavy atom. The van der Waals surface area contributed by atoms with E-state index in [4.69, 9.17) is 0 Å². The molecule has 0 aliphatic rings. The van der Waals surface area contributed by atoms with Crippen molar-refractivity contribution in [2.45, 2.75) is 25.3 Å². The van der Waals surface area contributed by atoms with Gasteiger partial charge < -0.3 is 5.32 Å². The molecule has 24 heavy (non-hydrogen) atoms. The van der Waals surface area contributed by atoms with Crippen LogP contribution in [0.4, 0.5) is 0 Å². The van der Waals surface area contributed by atoms with Crippen LogP contribution in [0.25, 0.3) is 21.3 Å². The van der Waals surface area contributed by atoms with Crippen molar-refractivity contribution >= 4 is 39.2 Å². The predicted molar refractivity (Wildman–Crippen MR) is 102 cm³/mol. The number of nitrogens with zero attached hydrogens (tertiary/aromatic N) is 2. The highest BCUT2D eigenvalue weighted by Crippen LogP contribution is 2.37. The summed E-state index contributed by atoms with van der Waals surface area (Å²) >= 11 is 3.08. The molecule has 0 bridgehead atoms. The smallest absolute Gasteiger partial charge is 0.230 e. The van der Waals surface area contributed by atoms with Gasteiger partial charge in [0.15, 0.2) is 0 Å². The zero-order chi connectivity index (χ0) is 16.9. The van der Waals surface area contributed by atoms with Crippen molar-refractivity contribution in [1.29, 1.82) is 0 Å². The number of amides is 1. The SMILES string of the molecule is CCCNC(=O)CSc1ncnc2scc(-c3ccc(C)cc3)c12. The van der Waals surface area contributed by atoms with Crippen molar-refractivity contribution in [1.82, 2.24) is 15.3 Å². The van der Waals surface area contributed by atoms with Crippen LogP contribution >= 0.6 is 23.1 Å². The topological polar surface area (TPSA) is 54.9 Å². The van der Waals surface area contributed by atoms with E-state index in [0.717, 1.165) is 32.8 Å². The molecule has 1 amide bonds. The van der Waals surface area contributed by atoms with Gasteiger partial charge in [0.05, 0.1) is 11.1 Å². The monoisotopic (exact) mass is 357 g/mol. The molecule has 0 radical (unpaired) electrons. The number of fused-ring (bicyclic) bond motifs is 1. The van der Waals surface area contributed by atoms with Crippen LogP contribution in [-0.2, 0) is 4.79 Å². The second-order valence-electron chi connectivity index (χ2n) is 5.51. The molecule has 0 aliphatic heterocycles. The molecule has 4 nitrogen and oxygen atoms in total. The van der Waals surface area contributed by atoms with Gasteiger partial charge in [-0.1, -0.05) is 48.5 Å². The Kier molecular flexibility index (Phi) is 5.48. The molecule has 1 aromatic carbocycles. The molecule has 0 unspecified atom stereocenters. The van der Waals surface area contributed by atoms with E-state index in [-0.39, 0.29) is 5.91 Å². The summed E-state index contributed by atoms with van der Waals surface area (Å²) in [5, 5.41) is 6.92. The lowest BCUT2D eigenvalue weighted by Crippen LogP contribution is -2.25. The summed E-state index contributed by atoms with van der Waals surface area (Å²) in [7, 11) is 0. The van der Waals surface area contributed by atoms with E-state index in [9.17, 15) is 4.79 Å². The first kappa shape index (κ1) is 16.9. The third-order valence-electron chi connectivity index (χ3n) is 3.61. The van der Waals surface area contributed by atoms with Crippen molar-refractivity contribution in [2.75, 3.05) is 12.3 Å². The number of carbonyl (C=O) groups excluding carboxylic acids is 1. The number of benzene rings is 1. The van der Waals surface area contributed by atoms with E-state index >= 15 is 0 Å². The Bertz CT molecular complexity index is 843. The average Bonchev–Trinajstić information content (AvgIpc) is 3.03. The maximum Gasteiger partial charge on any atom is 0.230 e. The summed E-state index contributed by atoms with van der Waals surface area (Å²) in [6.07, 6.45) is 2.51. The molecular formula is C18H19N3OS2. The number of hydrogen-bond donors (Lipinski definition) is 1. The first-order chi connectivity index (χ1) is 11.7. The fraction of sp³-hybridized carbons (Fsp3) is 0.278. The molecule has 6 heteroatoms. The van der Waals surface area contributed by atoms with Crippen LogP contribution in [0, 0.1) is 6.92 Å². The molecule has 0 aliphatic carbocycles. The molecule has 0 saturated heterocycles. The summed E-state index contributed by atoms with van der Waals surface area (Å²) < 4.78 is 0. The van der Waals surface area contributed by atoms with E-state index in [1.165, 1.54) is 17.3 Å². The Hall–Kier alpha value is -1.92. The molecular weight excluding hydrogens is 338 g/mol. The highest BCUT2D eigenvalue weighted by atomic mass is 32.2. The van der Waals surface area contributed by atoms with Gasteiger partial charge in [-0.3, -0.25) is 4.79 Å². The number of carbonyl (C=O) groups is 1. The van der Waals surface area contributed by atoms with Gasteiger partial charge in [0, 0.05) is 17.5 Å². The van der Waals surface area contributed by atoms with Crippen LogP contribution in [0.15, 0.2) is 41.0 Å². The molecule has 3 aromatic rings. The minimum atomic E-state index is 0.0423. The molecule has 3 rings (SSSR count). The minimum Gasteiger partial charge on any atom is -0.355 e. The van der Waals surface area contributed by atoms with E-state index in [0.29, 0.717) is 12.3 Å². The fourth-order valence-corrected chi connectivity index (χ4v) is 4.18. The van der Waals surface area contributed by atoms with Gasteiger partial charge in [-0.05, 0) is 18.9 Å². The van der Waals surface area contributed by atoms with Crippen LogP contribution in [0.3, 0.4) is 0 Å². The van der Waals surface area contributed by atoms with Crippen molar-refractivity contribution in [2.24, 2.45) is 0 Å². The summed E-state index contributed by atoms with van der Waals surface area (Å²) in [6, 6.07) is 8.44. The molecule has 124 valence electrons. The molecule has 2 aromatic heterocycles. The van der Waals surface area contributed by atoms with Crippen molar-refractivity contribution in [3.05, 3.63) is 41.5 Å². The van der Waals surface area contributed by atoms with Gasteiger partial charge >= 0.3 is 0 Å². The minimum absolute atomic E-state index is 0.0423. The number of aromatic nitrogens is 2. The number of aryl methyl sites for hydroxylation is 1. The highest BCUT2D eigenvalue weighted by Gasteiger charge is 2.14. The zero-order valence-corrected chi connectivity index (χ0v) is 15.3. The second kappa shape index (κ2) is 7.77. The maximum absolute atomic E-state index is 11.9. The van der Waals surface area contributed by atoms with E-state index in [2.05, 4.69) is 51.9 Å². The molecule has 0 spiro atoms. The van der Waals surface area contributed by atoms with Crippen molar-refractivity contribution in [3.63, 3.8) is 0 Å². The lowest BCUT2D eigenvalue weighted by molar-refractivity contribution is -0.118. The van der Waals surface area contributed by atoms with E-state index < -0.39 is 0 Å². The number of hydrogen-bond acceptors (Lipinski definition) is 5. The third-order valence-corrected chi connectivity index (χ3v) is 5.49. The second-order valence-corrected chi connectivity index (χ2v) is 7.34. The Labute approximate surface area is 149 Å². The number of nitrogens with one attached hydrogen (secondary N) is 1. The number of rotatable bonds is 6. The number of thiophene rings is 1. The lowest BCUT2D eigenvalue weighted by atomic mass is 10.1. The van der Waals surface area contributed by atoms with Gasteiger partial charge in [0.2, 0.25) is 5.91 Å². The van der Waals surface area contributed by atoms with Crippen LogP contribution in [-0.4, -0.2) is 28.2 Å². The predicted octanol–water partition coefficient (Wildman–Crippen LogP) is 4.29. The zero-order valence-electron chi connectivity index (χ0n) is 13.7. The van der Waals surface area contributed by atoms with Crippen LogP contribution in [0.1, 0.15) is 18.9 Å². The summed E-state index contributed by atoms with van der Waals surface area (Å²) in [6.45, 7) is 4.83. The van der Waals surface area contributed by atoms with Crippen LogP contribution in [0.5, 0.6) is 0 Å². The molecule has 0 atom stereocenters. The quantitative estimate of drug-likeness (QED) is 0.528. The maximum atomic E-state index is 11.9. The lowest BCUT2D eigenvalue weighted by Gasteiger charge is -2.06. The van der Waals surface area contributed by atoms with E-state index in [1.807, 2.05) is 6.92 Å². The van der Waals surface area contributed by atoms with E-state index in [1.54, 1.807) is 17.7 Å². The Morgan fingerprint density at radius 3 is 2.79 bits per heavy atom. The number of thioether (sulfide) groups is 1. The normalized spacial score (nSPS) is 10.9. The highest BCUT2D eigenvalue weighted by molar-refractivity contribution is 8.00. The fourth-order valence-electron chi connectivity index (χ4n) is 2.35. The molecule has 1 N–H and O–H groups in total. The summed E-state index contributed by atoms with van der Waals surface area (Å²) in [5.41, 5.74) is 3.52. The van der Waals surface area contributed by atoms with Gasteiger partial charge in [-0.2, -0.15) is 0 Å². The van der Waals surface area contributed by atoms with Crippen LogP contribution in [0.2, 0.25) is 0 Å². The Morgan fingerprint density at radius 1 is 1.25 bits per heavy atom. The summed E-state index contributed by atoms with van der Waals surface area (Å²) in [5.74, 6) is 0.413. The summed E-state index contributed by atoms with van der Waals surface area (Å²) in [4.78, 5) is 21.6. The molecule has 2 heterocycles. The first-order valence-electron chi connectivity index (χ1n) is 7.87. The van der Waals surface area contributed by atoms with Gasteiger partial charge in [0.1, 0.15) is 16.2 Å². The van der Waals surface area contributed by atoms with Crippen LogP contribution < -0.4 is 5.32 Å². The Balaban J connectivity index is 1.90. The van der Waals surface area contributed by atoms with Gasteiger partial charge in [0.25, 0.3) is 0 Å². The third kappa shape index (κ3) is 3.76. The largest absolute Gasteiger partial charge is 0.355 e. The van der Waals surface area contributed by atoms with Crippen molar-refractivity contribution < 1.29 is 4.79 Å². The molecule has 0 fully saturated rings.